The fourth-order valence-corrected chi connectivity index (χ4v) is 0.970. The molecule has 1 nitrogen and oxygen atoms in total. The highest BCUT2D eigenvalue weighted by Gasteiger charge is 1.91. The monoisotopic (exact) mass is 163 g/mol. The van der Waals surface area contributed by atoms with E-state index in [1.165, 1.54) is 5.56 Å². The lowest BCUT2D eigenvalue weighted by Crippen LogP contribution is -1.92. The van der Waals surface area contributed by atoms with Gasteiger partial charge in [0.25, 0.3) is 0 Å². The van der Waals surface area contributed by atoms with E-state index < -0.39 is 0 Å². The summed E-state index contributed by atoms with van der Waals surface area (Å²) in [5.74, 6) is 0. The van der Waals surface area contributed by atoms with Crippen LogP contribution in [0.25, 0.3) is 0 Å². The van der Waals surface area contributed by atoms with Gasteiger partial charge >= 0.3 is 0 Å². The molecule has 1 radical (unpaired) electrons. The zero-order valence-electron chi connectivity index (χ0n) is 7.49. The Morgan fingerprint density at radius 1 is 1.25 bits per heavy atom. The first kappa shape index (κ1) is 9.27. The lowest BCUT2D eigenvalue weighted by Gasteiger charge is -2.00. The van der Waals surface area contributed by atoms with Crippen molar-refractivity contribution in [2.45, 2.75) is 19.8 Å². The molecule has 0 saturated heterocycles. The molecule has 0 aliphatic heterocycles. The van der Waals surface area contributed by atoms with E-state index in [1.807, 2.05) is 24.8 Å². The molecule has 0 heterocycles. The lowest BCUT2D eigenvalue weighted by molar-refractivity contribution is 0.196. The Morgan fingerprint density at radius 3 is 2.67 bits per heavy atom. The molecule has 1 rings (SSSR count). The maximum atomic E-state index is 5.26. The SMILES string of the molecule is CCCO[CH]Cc1ccccc1. The van der Waals surface area contributed by atoms with Crippen molar-refractivity contribution in [3.63, 3.8) is 0 Å². The van der Waals surface area contributed by atoms with E-state index in [1.54, 1.807) is 0 Å². The van der Waals surface area contributed by atoms with E-state index in [-0.39, 0.29) is 0 Å². The number of hydrogen-bond acceptors (Lipinski definition) is 1. The molecule has 12 heavy (non-hydrogen) atoms. The minimum Gasteiger partial charge on any atom is -0.375 e. The van der Waals surface area contributed by atoms with E-state index in [0.29, 0.717) is 0 Å². The Kier molecular flexibility index (Phi) is 4.47. The molecule has 0 unspecified atom stereocenters. The molecular weight excluding hydrogens is 148 g/mol. The smallest absolute Gasteiger partial charge is 0.0880 e. The largest absolute Gasteiger partial charge is 0.375 e. The van der Waals surface area contributed by atoms with Crippen molar-refractivity contribution in [1.82, 2.24) is 0 Å². The fourth-order valence-electron chi connectivity index (χ4n) is 0.970. The Morgan fingerprint density at radius 2 is 2.00 bits per heavy atom. The summed E-state index contributed by atoms with van der Waals surface area (Å²) in [6.07, 6.45) is 1.98. The van der Waals surface area contributed by atoms with Crippen LogP contribution in [0.5, 0.6) is 0 Å². The summed E-state index contributed by atoms with van der Waals surface area (Å²) in [6, 6.07) is 10.3. The predicted octanol–water partition coefficient (Wildman–Crippen LogP) is 2.82. The predicted molar refractivity (Wildman–Crippen MR) is 50.7 cm³/mol. The van der Waals surface area contributed by atoms with Gasteiger partial charge in [-0.05, 0) is 12.0 Å². The van der Waals surface area contributed by atoms with E-state index in [0.717, 1.165) is 19.4 Å². The van der Waals surface area contributed by atoms with Crippen molar-refractivity contribution in [3.8, 4) is 0 Å². The van der Waals surface area contributed by atoms with Crippen molar-refractivity contribution in [2.75, 3.05) is 6.61 Å². The highest BCUT2D eigenvalue weighted by molar-refractivity contribution is 5.15. The molecule has 1 aromatic rings. The van der Waals surface area contributed by atoms with Crippen LogP contribution in [0.3, 0.4) is 0 Å². The second kappa shape index (κ2) is 5.78. The normalized spacial score (nSPS) is 10.1. The molecular formula is C11H15O. The molecule has 0 fully saturated rings. The van der Waals surface area contributed by atoms with Crippen molar-refractivity contribution >= 4 is 0 Å². The Balaban J connectivity index is 2.16. The van der Waals surface area contributed by atoms with E-state index in [9.17, 15) is 0 Å². The van der Waals surface area contributed by atoms with Gasteiger partial charge in [-0.25, -0.2) is 0 Å². The van der Waals surface area contributed by atoms with Gasteiger partial charge in [0, 0.05) is 13.0 Å². The maximum Gasteiger partial charge on any atom is 0.0880 e. The third kappa shape index (κ3) is 3.54. The third-order valence-electron chi connectivity index (χ3n) is 1.60. The molecule has 0 atom stereocenters. The van der Waals surface area contributed by atoms with Crippen molar-refractivity contribution in [2.24, 2.45) is 0 Å². The number of hydrogen-bond donors (Lipinski definition) is 0. The van der Waals surface area contributed by atoms with Crippen LogP contribution in [0.15, 0.2) is 30.3 Å². The van der Waals surface area contributed by atoms with Gasteiger partial charge in [-0.3, -0.25) is 0 Å². The van der Waals surface area contributed by atoms with E-state index >= 15 is 0 Å². The Hall–Kier alpha value is -0.820. The molecule has 1 aromatic carbocycles. The van der Waals surface area contributed by atoms with Gasteiger partial charge in [-0.15, -0.1) is 0 Å². The number of rotatable bonds is 5. The second-order valence-corrected chi connectivity index (χ2v) is 2.73. The lowest BCUT2D eigenvalue weighted by atomic mass is 10.2. The molecule has 0 amide bonds. The average Bonchev–Trinajstić information content (AvgIpc) is 2.14. The number of ether oxygens (including phenoxy) is 1. The maximum absolute atomic E-state index is 5.26. The molecule has 1 heteroatoms. The van der Waals surface area contributed by atoms with Crippen LogP contribution in [0.2, 0.25) is 0 Å². The summed E-state index contributed by atoms with van der Waals surface area (Å²) in [5, 5.41) is 0. The standard InChI is InChI=1S/C11H15O/c1-2-9-12-10-8-11-6-4-3-5-7-11/h3-7,10H,2,8-9H2,1H3. The van der Waals surface area contributed by atoms with Crippen LogP contribution in [0.1, 0.15) is 18.9 Å². The highest BCUT2D eigenvalue weighted by Crippen LogP contribution is 2.01. The molecule has 0 aliphatic carbocycles. The van der Waals surface area contributed by atoms with Crippen LogP contribution in [-0.4, -0.2) is 6.61 Å². The zero-order valence-corrected chi connectivity index (χ0v) is 7.49. The minimum atomic E-state index is 0.826. The van der Waals surface area contributed by atoms with Gasteiger partial charge in [-0.1, -0.05) is 37.3 Å². The van der Waals surface area contributed by atoms with Crippen molar-refractivity contribution in [1.29, 1.82) is 0 Å². The summed E-state index contributed by atoms with van der Waals surface area (Å²) >= 11 is 0. The second-order valence-electron chi connectivity index (χ2n) is 2.73. The highest BCUT2D eigenvalue weighted by atomic mass is 16.5. The summed E-state index contributed by atoms with van der Waals surface area (Å²) in [4.78, 5) is 0. The van der Waals surface area contributed by atoms with Crippen LogP contribution < -0.4 is 0 Å². The van der Waals surface area contributed by atoms with Gasteiger partial charge < -0.3 is 4.74 Å². The Labute approximate surface area is 74.4 Å². The molecule has 0 aliphatic rings. The molecule has 65 valence electrons. The van der Waals surface area contributed by atoms with Crippen LogP contribution in [0, 0.1) is 6.61 Å². The molecule has 0 spiro atoms. The first-order valence-electron chi connectivity index (χ1n) is 4.40. The van der Waals surface area contributed by atoms with Crippen LogP contribution in [0.4, 0.5) is 0 Å². The van der Waals surface area contributed by atoms with E-state index in [2.05, 4.69) is 19.1 Å². The van der Waals surface area contributed by atoms with Gasteiger partial charge in [0.15, 0.2) is 0 Å². The first-order chi connectivity index (χ1) is 5.93. The van der Waals surface area contributed by atoms with Gasteiger partial charge in [0.05, 0.1) is 6.61 Å². The molecule has 0 saturated carbocycles. The van der Waals surface area contributed by atoms with E-state index in [4.69, 9.17) is 4.74 Å². The summed E-state index contributed by atoms with van der Waals surface area (Å²) < 4.78 is 5.26. The molecule has 0 bridgehead atoms. The number of benzene rings is 1. The third-order valence-corrected chi connectivity index (χ3v) is 1.60. The van der Waals surface area contributed by atoms with Crippen molar-refractivity contribution in [3.05, 3.63) is 42.5 Å². The van der Waals surface area contributed by atoms with Crippen LogP contribution in [-0.2, 0) is 11.2 Å². The zero-order chi connectivity index (χ0) is 8.65. The first-order valence-corrected chi connectivity index (χ1v) is 4.40. The van der Waals surface area contributed by atoms with Gasteiger partial charge in [-0.2, -0.15) is 0 Å². The topological polar surface area (TPSA) is 9.23 Å². The average molecular weight is 163 g/mol. The minimum absolute atomic E-state index is 0.826. The van der Waals surface area contributed by atoms with Crippen molar-refractivity contribution < 1.29 is 4.74 Å². The fraction of sp³-hybridized carbons (Fsp3) is 0.364. The molecule has 0 aromatic heterocycles. The van der Waals surface area contributed by atoms with Gasteiger partial charge in [0.2, 0.25) is 0 Å². The summed E-state index contributed by atoms with van der Waals surface area (Å²) in [7, 11) is 0. The summed E-state index contributed by atoms with van der Waals surface area (Å²) in [5.41, 5.74) is 1.30. The Bertz CT molecular complexity index is 193. The van der Waals surface area contributed by atoms with Gasteiger partial charge in [0.1, 0.15) is 0 Å². The quantitative estimate of drug-likeness (QED) is 0.606. The summed E-state index contributed by atoms with van der Waals surface area (Å²) in [6.45, 7) is 4.81. The van der Waals surface area contributed by atoms with Crippen LogP contribution >= 0.6 is 0 Å². The molecule has 0 N–H and O–H groups in total.